The van der Waals surface area contributed by atoms with Crippen molar-refractivity contribution in [3.05, 3.63) is 103 Å². The number of para-hydroxylation sites is 1. The van der Waals surface area contributed by atoms with Crippen LogP contribution in [0.2, 0.25) is 0 Å². The van der Waals surface area contributed by atoms with Gasteiger partial charge in [-0.15, -0.1) is 0 Å². The molecule has 3 fully saturated rings. The van der Waals surface area contributed by atoms with E-state index in [0.29, 0.717) is 30.9 Å². The van der Waals surface area contributed by atoms with Crippen molar-refractivity contribution < 1.29 is 33.3 Å². The molecule has 2 heterocycles. The minimum absolute atomic E-state index is 0.0829. The molecule has 0 amide bonds. The lowest BCUT2D eigenvalue weighted by Crippen LogP contribution is -2.36. The molecule has 7 nitrogen and oxygen atoms in total. The van der Waals surface area contributed by atoms with Gasteiger partial charge in [0.25, 0.3) is 0 Å². The zero-order chi connectivity index (χ0) is 26.7. The molecule has 4 atom stereocenters. The summed E-state index contributed by atoms with van der Waals surface area (Å²) in [7, 11) is 0. The number of hydrogen-bond donors (Lipinski definition) is 0. The van der Waals surface area contributed by atoms with Gasteiger partial charge in [-0.05, 0) is 41.5 Å². The highest BCUT2D eigenvalue weighted by atomic mass is 16.8. The number of ether oxygens (including phenoxy) is 5. The Morgan fingerprint density at radius 2 is 1.56 bits per heavy atom. The van der Waals surface area contributed by atoms with Gasteiger partial charge in [-0.25, -0.2) is 4.79 Å². The van der Waals surface area contributed by atoms with E-state index in [2.05, 4.69) is 0 Å². The van der Waals surface area contributed by atoms with Crippen LogP contribution in [0.5, 0.6) is 5.75 Å². The lowest BCUT2D eigenvalue weighted by Gasteiger charge is -2.26. The van der Waals surface area contributed by atoms with Crippen molar-refractivity contribution in [1.29, 1.82) is 0 Å². The summed E-state index contributed by atoms with van der Waals surface area (Å²) in [5.41, 5.74) is 2.58. The van der Waals surface area contributed by atoms with Gasteiger partial charge in [-0.1, -0.05) is 66.7 Å². The first-order valence-electron chi connectivity index (χ1n) is 13.3. The van der Waals surface area contributed by atoms with E-state index in [0.717, 1.165) is 11.1 Å². The zero-order valence-corrected chi connectivity index (χ0v) is 21.4. The normalized spacial score (nSPS) is 25.4. The molecule has 7 heteroatoms. The molecule has 6 rings (SSSR count). The Morgan fingerprint density at radius 3 is 2.28 bits per heavy atom. The SMILES string of the molecule is O=C1C[C@@H]2[C@H](/C=C/C3(COc4ccccc4)OCCO3)[C@H](OC(=O)c3ccc(-c4ccccc4)cc3)C[C@H]2O1. The number of hydrogen-bond acceptors (Lipinski definition) is 7. The summed E-state index contributed by atoms with van der Waals surface area (Å²) in [6.07, 6.45) is 3.80. The van der Waals surface area contributed by atoms with Crippen LogP contribution in [0.4, 0.5) is 0 Å². The maximum atomic E-state index is 13.1. The lowest BCUT2D eigenvalue weighted by molar-refractivity contribution is -0.141. The highest BCUT2D eigenvalue weighted by molar-refractivity contribution is 5.90. The molecule has 0 radical (unpaired) electrons. The molecular weight excluding hydrogens is 496 g/mol. The van der Waals surface area contributed by atoms with Crippen molar-refractivity contribution in [2.45, 2.75) is 30.8 Å². The fourth-order valence-electron chi connectivity index (χ4n) is 5.58. The molecule has 1 saturated carbocycles. The van der Waals surface area contributed by atoms with Crippen molar-refractivity contribution in [3.8, 4) is 16.9 Å². The number of carbonyl (C=O) groups is 2. The molecule has 39 heavy (non-hydrogen) atoms. The Bertz CT molecular complexity index is 1310. The van der Waals surface area contributed by atoms with Crippen LogP contribution in [-0.2, 0) is 23.7 Å². The van der Waals surface area contributed by atoms with E-state index in [4.69, 9.17) is 23.7 Å². The smallest absolute Gasteiger partial charge is 0.338 e. The van der Waals surface area contributed by atoms with Crippen LogP contribution in [0, 0.1) is 11.8 Å². The summed E-state index contributed by atoms with van der Waals surface area (Å²) in [5, 5.41) is 0. The molecule has 0 bridgehead atoms. The zero-order valence-electron chi connectivity index (χ0n) is 21.4. The first-order chi connectivity index (χ1) is 19.1. The topological polar surface area (TPSA) is 80.3 Å². The Morgan fingerprint density at radius 1 is 0.897 bits per heavy atom. The fraction of sp³-hybridized carbons (Fsp3) is 0.312. The summed E-state index contributed by atoms with van der Waals surface area (Å²) in [6, 6.07) is 26.8. The van der Waals surface area contributed by atoms with Gasteiger partial charge in [0.2, 0.25) is 5.79 Å². The van der Waals surface area contributed by atoms with Gasteiger partial charge in [0.1, 0.15) is 24.6 Å². The summed E-state index contributed by atoms with van der Waals surface area (Å²) in [6.45, 7) is 1.05. The molecule has 0 spiro atoms. The van der Waals surface area contributed by atoms with Gasteiger partial charge in [0.15, 0.2) is 0 Å². The number of fused-ring (bicyclic) bond motifs is 1. The van der Waals surface area contributed by atoms with Crippen LogP contribution in [-0.4, -0.2) is 49.8 Å². The predicted molar refractivity (Wildman–Crippen MR) is 143 cm³/mol. The fourth-order valence-corrected chi connectivity index (χ4v) is 5.58. The number of carbonyl (C=O) groups excluding carboxylic acids is 2. The highest BCUT2D eigenvalue weighted by Gasteiger charge is 2.51. The monoisotopic (exact) mass is 526 g/mol. The Labute approximate surface area is 227 Å². The first-order valence-corrected chi connectivity index (χ1v) is 13.3. The van der Waals surface area contributed by atoms with Gasteiger partial charge in [-0.2, -0.15) is 0 Å². The standard InChI is InChI=1S/C32H30O7/c33-30-19-27-26(15-16-32(36-17-18-37-32)21-35-25-9-5-2-6-10-25)28(20-29(27)38-30)39-31(34)24-13-11-23(12-14-24)22-7-3-1-4-8-22/h1-16,26-29H,17-21H2/b16-15+/t26-,27+,28+,29+/m0/s1. The summed E-state index contributed by atoms with van der Waals surface area (Å²) < 4.78 is 29.4. The van der Waals surface area contributed by atoms with E-state index in [1.807, 2.05) is 84.9 Å². The Balaban J connectivity index is 1.17. The molecule has 2 aliphatic heterocycles. The van der Waals surface area contributed by atoms with Crippen LogP contribution < -0.4 is 4.74 Å². The van der Waals surface area contributed by atoms with Crippen LogP contribution in [0.3, 0.4) is 0 Å². The number of benzene rings is 3. The van der Waals surface area contributed by atoms with Crippen molar-refractivity contribution in [2.75, 3.05) is 19.8 Å². The second-order valence-corrected chi connectivity index (χ2v) is 10.1. The third kappa shape index (κ3) is 5.60. The molecular formula is C32H30O7. The third-order valence-corrected chi connectivity index (χ3v) is 7.57. The molecule has 0 aromatic heterocycles. The molecule has 1 aliphatic carbocycles. The van der Waals surface area contributed by atoms with Crippen LogP contribution in [0.15, 0.2) is 97.1 Å². The quantitative estimate of drug-likeness (QED) is 0.295. The third-order valence-electron chi connectivity index (χ3n) is 7.57. The highest BCUT2D eigenvalue weighted by Crippen LogP contribution is 2.44. The van der Waals surface area contributed by atoms with Crippen LogP contribution in [0.25, 0.3) is 11.1 Å². The van der Waals surface area contributed by atoms with Crippen LogP contribution in [0.1, 0.15) is 23.2 Å². The first kappa shape index (κ1) is 25.3. The Kier molecular flexibility index (Phi) is 7.18. The number of esters is 2. The summed E-state index contributed by atoms with van der Waals surface area (Å²) in [5.74, 6) is -1.28. The van der Waals surface area contributed by atoms with E-state index in [1.165, 1.54) is 0 Å². The summed E-state index contributed by atoms with van der Waals surface area (Å²) >= 11 is 0. The van der Waals surface area contributed by atoms with E-state index in [-0.39, 0.29) is 36.9 Å². The van der Waals surface area contributed by atoms with E-state index in [9.17, 15) is 9.59 Å². The molecule has 0 unspecified atom stereocenters. The van der Waals surface area contributed by atoms with E-state index in [1.54, 1.807) is 12.1 Å². The largest absolute Gasteiger partial charge is 0.488 e. The van der Waals surface area contributed by atoms with Crippen LogP contribution >= 0.6 is 0 Å². The maximum Gasteiger partial charge on any atom is 0.338 e. The molecule has 3 aromatic rings. The van der Waals surface area contributed by atoms with E-state index >= 15 is 0 Å². The molecule has 2 saturated heterocycles. The lowest BCUT2D eigenvalue weighted by atomic mass is 9.91. The second-order valence-electron chi connectivity index (χ2n) is 10.1. The molecule has 200 valence electrons. The minimum atomic E-state index is -1.06. The van der Waals surface area contributed by atoms with Crippen molar-refractivity contribution in [2.24, 2.45) is 11.8 Å². The molecule has 0 N–H and O–H groups in total. The van der Waals surface area contributed by atoms with Crippen molar-refractivity contribution in [3.63, 3.8) is 0 Å². The van der Waals surface area contributed by atoms with Gasteiger partial charge < -0.3 is 23.7 Å². The average Bonchev–Trinajstić information content (AvgIpc) is 3.67. The maximum absolute atomic E-state index is 13.1. The van der Waals surface area contributed by atoms with Gasteiger partial charge in [-0.3, -0.25) is 4.79 Å². The minimum Gasteiger partial charge on any atom is -0.488 e. The molecule has 3 aromatic carbocycles. The second kappa shape index (κ2) is 11.0. The van der Waals surface area contributed by atoms with E-state index < -0.39 is 17.9 Å². The van der Waals surface area contributed by atoms with Crippen molar-refractivity contribution >= 4 is 11.9 Å². The predicted octanol–water partition coefficient (Wildman–Crippen LogP) is 5.21. The summed E-state index contributed by atoms with van der Waals surface area (Å²) in [4.78, 5) is 25.2. The number of rotatable bonds is 8. The van der Waals surface area contributed by atoms with Gasteiger partial charge in [0, 0.05) is 18.3 Å². The van der Waals surface area contributed by atoms with Gasteiger partial charge >= 0.3 is 11.9 Å². The average molecular weight is 527 g/mol. The molecule has 3 aliphatic rings. The Hall–Kier alpha value is -3.94. The van der Waals surface area contributed by atoms with Gasteiger partial charge in [0.05, 0.1) is 25.2 Å². The van der Waals surface area contributed by atoms with Crippen molar-refractivity contribution in [1.82, 2.24) is 0 Å².